The topological polar surface area (TPSA) is 21.3 Å². The molecule has 2 nitrogen and oxygen atoms in total. The Hall–Kier alpha value is -1.02. The Morgan fingerprint density at radius 3 is 2.52 bits per heavy atom. The average Bonchev–Trinajstić information content (AvgIpc) is 2.44. The van der Waals surface area contributed by atoms with Gasteiger partial charge >= 0.3 is 0 Å². The third kappa shape index (κ3) is 4.23. The molecule has 0 aromatic heterocycles. The van der Waals surface area contributed by atoms with Gasteiger partial charge in [-0.2, -0.15) is 0 Å². The normalized spacial score (nSPS) is 27.6. The maximum absolute atomic E-state index is 5.96. The lowest BCUT2D eigenvalue weighted by Crippen LogP contribution is -2.41. The maximum atomic E-state index is 5.96. The Labute approximate surface area is 130 Å². The van der Waals surface area contributed by atoms with Crippen molar-refractivity contribution in [3.05, 3.63) is 29.8 Å². The number of hydrogen-bond donors (Lipinski definition) is 1. The summed E-state index contributed by atoms with van der Waals surface area (Å²) >= 11 is 0. The first-order valence-corrected chi connectivity index (χ1v) is 8.50. The van der Waals surface area contributed by atoms with Crippen LogP contribution in [0.5, 0.6) is 5.75 Å². The third-order valence-electron chi connectivity index (χ3n) is 4.92. The van der Waals surface area contributed by atoms with Crippen molar-refractivity contribution in [2.45, 2.75) is 72.1 Å². The van der Waals surface area contributed by atoms with Crippen LogP contribution in [0, 0.1) is 11.8 Å². The molecule has 0 radical (unpaired) electrons. The van der Waals surface area contributed by atoms with Gasteiger partial charge in [0.15, 0.2) is 0 Å². The van der Waals surface area contributed by atoms with Gasteiger partial charge in [0.25, 0.3) is 0 Å². The molecule has 0 saturated heterocycles. The number of ether oxygens (including phenoxy) is 1. The number of hydrogen-bond acceptors (Lipinski definition) is 2. The fourth-order valence-corrected chi connectivity index (χ4v) is 3.43. The van der Waals surface area contributed by atoms with Gasteiger partial charge in [-0.05, 0) is 45.1 Å². The van der Waals surface area contributed by atoms with E-state index in [0.717, 1.165) is 17.6 Å². The summed E-state index contributed by atoms with van der Waals surface area (Å²) in [6.07, 6.45) is 4.23. The van der Waals surface area contributed by atoms with Crippen molar-refractivity contribution >= 4 is 0 Å². The number of para-hydroxylation sites is 1. The molecule has 4 unspecified atom stereocenters. The minimum atomic E-state index is 0.215. The molecule has 0 amide bonds. The standard InChI is InChI=1S/C19H31NO/c1-13(2)21-19-12-7-6-10-17(19)16(5)20-18-11-8-9-14(3)15(18)4/h6-7,10,12-16,18,20H,8-9,11H2,1-5H3. The first-order chi connectivity index (χ1) is 9.99. The second kappa shape index (κ2) is 7.31. The molecule has 0 aliphatic heterocycles. The zero-order valence-corrected chi connectivity index (χ0v) is 14.2. The van der Waals surface area contributed by atoms with E-state index in [4.69, 9.17) is 4.74 Å². The van der Waals surface area contributed by atoms with E-state index in [1.54, 1.807) is 0 Å². The Morgan fingerprint density at radius 1 is 1.10 bits per heavy atom. The highest BCUT2D eigenvalue weighted by Gasteiger charge is 2.28. The number of nitrogens with one attached hydrogen (secondary N) is 1. The van der Waals surface area contributed by atoms with E-state index >= 15 is 0 Å². The van der Waals surface area contributed by atoms with Gasteiger partial charge in [0.2, 0.25) is 0 Å². The van der Waals surface area contributed by atoms with Crippen molar-refractivity contribution < 1.29 is 4.74 Å². The summed E-state index contributed by atoms with van der Waals surface area (Å²) in [6.45, 7) is 11.2. The highest BCUT2D eigenvalue weighted by molar-refractivity contribution is 5.35. The Bertz CT molecular complexity index is 443. The minimum absolute atomic E-state index is 0.215. The molecule has 1 aromatic rings. The first kappa shape index (κ1) is 16.4. The van der Waals surface area contributed by atoms with Gasteiger partial charge in [-0.15, -0.1) is 0 Å². The monoisotopic (exact) mass is 289 g/mol. The Balaban J connectivity index is 2.07. The number of rotatable bonds is 5. The van der Waals surface area contributed by atoms with Crippen LogP contribution in [0.4, 0.5) is 0 Å². The van der Waals surface area contributed by atoms with Crippen molar-refractivity contribution in [1.82, 2.24) is 5.32 Å². The SMILES string of the molecule is CC(C)Oc1ccccc1C(C)NC1CCCC(C)C1C. The van der Waals surface area contributed by atoms with Crippen LogP contribution in [0.2, 0.25) is 0 Å². The minimum Gasteiger partial charge on any atom is -0.491 e. The lowest BCUT2D eigenvalue weighted by molar-refractivity contribution is 0.193. The highest BCUT2D eigenvalue weighted by atomic mass is 16.5. The molecule has 1 saturated carbocycles. The van der Waals surface area contributed by atoms with Gasteiger partial charge in [-0.1, -0.05) is 44.9 Å². The van der Waals surface area contributed by atoms with E-state index in [9.17, 15) is 0 Å². The summed E-state index contributed by atoms with van der Waals surface area (Å²) in [5.74, 6) is 2.59. The summed E-state index contributed by atoms with van der Waals surface area (Å²) in [5.41, 5.74) is 1.27. The molecule has 0 spiro atoms. The van der Waals surface area contributed by atoms with Crippen LogP contribution >= 0.6 is 0 Å². The summed E-state index contributed by atoms with van der Waals surface area (Å²) < 4.78 is 5.96. The molecule has 1 aliphatic carbocycles. The highest BCUT2D eigenvalue weighted by Crippen LogP contribution is 2.32. The zero-order chi connectivity index (χ0) is 15.4. The van der Waals surface area contributed by atoms with E-state index in [1.165, 1.54) is 24.8 Å². The van der Waals surface area contributed by atoms with Gasteiger partial charge in [0.1, 0.15) is 5.75 Å². The van der Waals surface area contributed by atoms with E-state index in [-0.39, 0.29) is 6.10 Å². The molecule has 0 heterocycles. The molecular formula is C19H31NO. The largest absolute Gasteiger partial charge is 0.491 e. The van der Waals surface area contributed by atoms with Crippen LogP contribution in [0.3, 0.4) is 0 Å². The molecule has 0 bridgehead atoms. The average molecular weight is 289 g/mol. The lowest BCUT2D eigenvalue weighted by atomic mass is 9.77. The van der Waals surface area contributed by atoms with E-state index in [0.29, 0.717) is 12.1 Å². The van der Waals surface area contributed by atoms with Gasteiger partial charge in [0.05, 0.1) is 6.10 Å². The van der Waals surface area contributed by atoms with E-state index in [1.807, 2.05) is 0 Å². The first-order valence-electron chi connectivity index (χ1n) is 8.50. The lowest BCUT2D eigenvalue weighted by Gasteiger charge is -2.37. The summed E-state index contributed by atoms with van der Waals surface area (Å²) in [5, 5.41) is 3.85. The zero-order valence-electron chi connectivity index (χ0n) is 14.2. The molecule has 21 heavy (non-hydrogen) atoms. The van der Waals surface area contributed by atoms with Crippen molar-refractivity contribution in [3.63, 3.8) is 0 Å². The maximum Gasteiger partial charge on any atom is 0.124 e. The predicted molar refractivity (Wildman–Crippen MR) is 89.7 cm³/mol. The van der Waals surface area contributed by atoms with Crippen molar-refractivity contribution in [2.75, 3.05) is 0 Å². The smallest absolute Gasteiger partial charge is 0.124 e. The molecule has 2 rings (SSSR count). The van der Waals surface area contributed by atoms with Crippen molar-refractivity contribution in [1.29, 1.82) is 0 Å². The third-order valence-corrected chi connectivity index (χ3v) is 4.92. The number of benzene rings is 1. The molecule has 1 aliphatic rings. The van der Waals surface area contributed by atoms with Crippen LogP contribution in [0.15, 0.2) is 24.3 Å². The van der Waals surface area contributed by atoms with Crippen LogP contribution in [-0.2, 0) is 0 Å². The summed E-state index contributed by atoms with van der Waals surface area (Å²) in [7, 11) is 0. The van der Waals surface area contributed by atoms with Crippen LogP contribution < -0.4 is 10.1 Å². The molecule has 2 heteroatoms. The fraction of sp³-hybridized carbons (Fsp3) is 0.684. The molecule has 1 N–H and O–H groups in total. The van der Waals surface area contributed by atoms with Gasteiger partial charge in [-0.25, -0.2) is 0 Å². The quantitative estimate of drug-likeness (QED) is 0.828. The van der Waals surface area contributed by atoms with Crippen molar-refractivity contribution in [3.8, 4) is 5.75 Å². The van der Waals surface area contributed by atoms with Crippen LogP contribution in [0.25, 0.3) is 0 Å². The molecule has 1 fully saturated rings. The van der Waals surface area contributed by atoms with Crippen molar-refractivity contribution in [2.24, 2.45) is 11.8 Å². The second-order valence-corrected chi connectivity index (χ2v) is 6.97. The van der Waals surface area contributed by atoms with Crippen LogP contribution in [0.1, 0.15) is 65.5 Å². The summed E-state index contributed by atoms with van der Waals surface area (Å²) in [6, 6.07) is 9.38. The Kier molecular flexibility index (Phi) is 5.69. The molecule has 1 aromatic carbocycles. The fourth-order valence-electron chi connectivity index (χ4n) is 3.43. The van der Waals surface area contributed by atoms with E-state index in [2.05, 4.69) is 64.2 Å². The summed E-state index contributed by atoms with van der Waals surface area (Å²) in [4.78, 5) is 0. The van der Waals surface area contributed by atoms with E-state index < -0.39 is 0 Å². The molecular weight excluding hydrogens is 258 g/mol. The van der Waals surface area contributed by atoms with Gasteiger partial charge in [-0.3, -0.25) is 0 Å². The Morgan fingerprint density at radius 2 is 1.81 bits per heavy atom. The molecule has 118 valence electrons. The predicted octanol–water partition coefficient (Wildman–Crippen LogP) is 4.95. The van der Waals surface area contributed by atoms with Crippen LogP contribution in [-0.4, -0.2) is 12.1 Å². The second-order valence-electron chi connectivity index (χ2n) is 6.97. The van der Waals surface area contributed by atoms with Gasteiger partial charge in [0, 0.05) is 17.6 Å². The molecule has 4 atom stereocenters. The van der Waals surface area contributed by atoms with Gasteiger partial charge < -0.3 is 10.1 Å².